The number of halogens is 1. The lowest BCUT2D eigenvalue weighted by molar-refractivity contribution is -0.119. The molecule has 2 aromatic carbocycles. The summed E-state index contributed by atoms with van der Waals surface area (Å²) in [5.74, 6) is -0.505. The van der Waals surface area contributed by atoms with Crippen molar-refractivity contribution in [3.8, 4) is 0 Å². The Balaban J connectivity index is 1.91. The summed E-state index contributed by atoms with van der Waals surface area (Å²) in [6.07, 6.45) is 0. The van der Waals surface area contributed by atoms with Crippen molar-refractivity contribution in [2.24, 2.45) is 0 Å². The molecule has 0 saturated heterocycles. The van der Waals surface area contributed by atoms with Gasteiger partial charge < -0.3 is 15.2 Å². The van der Waals surface area contributed by atoms with Crippen LogP contribution in [-0.4, -0.2) is 21.4 Å². The number of para-hydroxylation sites is 3. The molecule has 26 heavy (non-hydrogen) atoms. The molecule has 1 unspecified atom stereocenters. The molecule has 1 atom stereocenters. The lowest BCUT2D eigenvalue weighted by Crippen LogP contribution is -2.28. The average molecular weight is 354 g/mol. The predicted molar refractivity (Wildman–Crippen MR) is 97.0 cm³/mol. The number of hydrogen-bond acceptors (Lipinski definition) is 3. The number of fused-ring (bicyclic) bond motifs is 1. The van der Waals surface area contributed by atoms with Crippen LogP contribution < -0.4 is 10.6 Å². The Morgan fingerprint density at radius 3 is 2.58 bits per heavy atom. The molecule has 0 spiro atoms. The molecule has 0 radical (unpaired) electrons. The lowest BCUT2D eigenvalue weighted by atomic mass is 10.3. The van der Waals surface area contributed by atoms with E-state index in [9.17, 15) is 14.0 Å². The summed E-state index contributed by atoms with van der Waals surface area (Å²) >= 11 is 0. The van der Waals surface area contributed by atoms with E-state index in [1.54, 1.807) is 23.6 Å². The first-order chi connectivity index (χ1) is 12.5. The molecule has 2 amide bonds. The van der Waals surface area contributed by atoms with Crippen LogP contribution in [0.25, 0.3) is 11.0 Å². The molecule has 3 rings (SSSR count). The molecule has 0 aliphatic heterocycles. The van der Waals surface area contributed by atoms with Crippen LogP contribution in [0.15, 0.2) is 48.5 Å². The van der Waals surface area contributed by atoms with E-state index in [-0.39, 0.29) is 30.1 Å². The van der Waals surface area contributed by atoms with Crippen molar-refractivity contribution >= 4 is 28.5 Å². The highest BCUT2D eigenvalue weighted by Crippen LogP contribution is 2.21. The maximum Gasteiger partial charge on any atom is 0.244 e. The average Bonchev–Trinajstić information content (AvgIpc) is 2.95. The van der Waals surface area contributed by atoms with Gasteiger partial charge in [0.05, 0.1) is 22.8 Å². The van der Waals surface area contributed by atoms with Crippen LogP contribution in [0.2, 0.25) is 0 Å². The summed E-state index contributed by atoms with van der Waals surface area (Å²) in [4.78, 5) is 28.4. The SMILES string of the molecule is CC(=O)NC(C)c1nc2ccccc2n1CC(=O)Nc1ccccc1F. The van der Waals surface area contributed by atoms with E-state index >= 15 is 0 Å². The molecule has 6 nitrogen and oxygen atoms in total. The number of rotatable bonds is 5. The molecule has 3 aromatic rings. The van der Waals surface area contributed by atoms with Crippen LogP contribution in [0, 0.1) is 5.82 Å². The van der Waals surface area contributed by atoms with Gasteiger partial charge in [-0.15, -0.1) is 0 Å². The number of nitrogens with zero attached hydrogens (tertiary/aromatic N) is 2. The van der Waals surface area contributed by atoms with Crippen LogP contribution in [0.3, 0.4) is 0 Å². The summed E-state index contributed by atoms with van der Waals surface area (Å²) in [5.41, 5.74) is 1.61. The molecule has 1 heterocycles. The van der Waals surface area contributed by atoms with Gasteiger partial charge in [0.25, 0.3) is 0 Å². The maximum atomic E-state index is 13.8. The number of carbonyl (C=O) groups is 2. The van der Waals surface area contributed by atoms with Crippen LogP contribution in [0.4, 0.5) is 10.1 Å². The van der Waals surface area contributed by atoms with Gasteiger partial charge in [0.1, 0.15) is 18.2 Å². The standard InChI is InChI=1S/C19H19FN4O2/c1-12(21-13(2)25)19-23-16-9-5-6-10-17(16)24(19)11-18(26)22-15-8-4-3-7-14(15)20/h3-10,12H,11H2,1-2H3,(H,21,25)(H,22,26). The van der Waals surface area contributed by atoms with Crippen LogP contribution in [-0.2, 0) is 16.1 Å². The predicted octanol–water partition coefficient (Wildman–Crippen LogP) is 3.01. The zero-order chi connectivity index (χ0) is 18.7. The van der Waals surface area contributed by atoms with Gasteiger partial charge in [0, 0.05) is 6.92 Å². The molecule has 0 fully saturated rings. The third-order valence-electron chi connectivity index (χ3n) is 3.94. The van der Waals surface area contributed by atoms with E-state index in [1.807, 2.05) is 24.3 Å². The molecule has 2 N–H and O–H groups in total. The first-order valence-electron chi connectivity index (χ1n) is 8.22. The Hall–Kier alpha value is -3.22. The Morgan fingerprint density at radius 2 is 1.85 bits per heavy atom. The minimum absolute atomic E-state index is 0.0475. The van der Waals surface area contributed by atoms with Gasteiger partial charge in [-0.1, -0.05) is 24.3 Å². The number of nitrogens with one attached hydrogen (secondary N) is 2. The highest BCUT2D eigenvalue weighted by molar-refractivity contribution is 5.92. The van der Waals surface area contributed by atoms with E-state index in [4.69, 9.17) is 0 Å². The number of aromatic nitrogens is 2. The second kappa shape index (κ2) is 7.35. The highest BCUT2D eigenvalue weighted by atomic mass is 19.1. The van der Waals surface area contributed by atoms with E-state index in [0.29, 0.717) is 5.82 Å². The van der Waals surface area contributed by atoms with Crippen molar-refractivity contribution in [3.05, 3.63) is 60.2 Å². The van der Waals surface area contributed by atoms with Gasteiger partial charge in [0.15, 0.2) is 0 Å². The van der Waals surface area contributed by atoms with Gasteiger partial charge in [-0.2, -0.15) is 0 Å². The number of carbonyl (C=O) groups excluding carboxylic acids is 2. The second-order valence-corrected chi connectivity index (χ2v) is 6.00. The van der Waals surface area contributed by atoms with Crippen LogP contribution in [0.1, 0.15) is 25.7 Å². The van der Waals surface area contributed by atoms with Crippen molar-refractivity contribution in [1.29, 1.82) is 0 Å². The van der Waals surface area contributed by atoms with E-state index < -0.39 is 5.82 Å². The van der Waals surface area contributed by atoms with Crippen molar-refractivity contribution in [2.75, 3.05) is 5.32 Å². The summed E-state index contributed by atoms with van der Waals surface area (Å²) in [5, 5.41) is 5.35. The fourth-order valence-corrected chi connectivity index (χ4v) is 2.86. The van der Waals surface area contributed by atoms with Gasteiger partial charge in [0.2, 0.25) is 11.8 Å². The number of amides is 2. The van der Waals surface area contributed by atoms with Crippen LogP contribution >= 0.6 is 0 Å². The van der Waals surface area contributed by atoms with Crippen molar-refractivity contribution in [3.63, 3.8) is 0 Å². The third-order valence-corrected chi connectivity index (χ3v) is 3.94. The zero-order valence-electron chi connectivity index (χ0n) is 14.5. The summed E-state index contributed by atoms with van der Waals surface area (Å²) in [7, 11) is 0. The van der Waals surface area contributed by atoms with Gasteiger partial charge in [-0.3, -0.25) is 9.59 Å². The van der Waals surface area contributed by atoms with Gasteiger partial charge in [-0.25, -0.2) is 9.37 Å². The van der Waals surface area contributed by atoms with E-state index in [0.717, 1.165) is 11.0 Å². The quantitative estimate of drug-likeness (QED) is 0.739. The van der Waals surface area contributed by atoms with E-state index in [2.05, 4.69) is 15.6 Å². The molecule has 0 bridgehead atoms. The molecule has 0 saturated carbocycles. The fraction of sp³-hybridized carbons (Fsp3) is 0.211. The lowest BCUT2D eigenvalue weighted by Gasteiger charge is -2.15. The Bertz CT molecular complexity index is 967. The maximum absolute atomic E-state index is 13.8. The Kier molecular flexibility index (Phi) is 4.97. The molecule has 0 aliphatic carbocycles. The molecule has 7 heteroatoms. The van der Waals surface area contributed by atoms with Crippen molar-refractivity contribution in [1.82, 2.24) is 14.9 Å². The number of hydrogen-bond donors (Lipinski definition) is 2. The summed E-state index contributed by atoms with van der Waals surface area (Å²) < 4.78 is 15.5. The normalized spacial score (nSPS) is 12.0. The van der Waals surface area contributed by atoms with E-state index in [1.165, 1.54) is 19.1 Å². The number of benzene rings is 2. The first kappa shape index (κ1) is 17.6. The molecular weight excluding hydrogens is 335 g/mol. The second-order valence-electron chi connectivity index (χ2n) is 6.00. The minimum atomic E-state index is -0.497. The summed E-state index contributed by atoms with van der Waals surface area (Å²) in [6, 6.07) is 13.0. The highest BCUT2D eigenvalue weighted by Gasteiger charge is 2.19. The van der Waals surface area contributed by atoms with Gasteiger partial charge >= 0.3 is 0 Å². The molecule has 134 valence electrons. The zero-order valence-corrected chi connectivity index (χ0v) is 14.5. The fourth-order valence-electron chi connectivity index (χ4n) is 2.86. The van der Waals surface area contributed by atoms with Crippen molar-refractivity contribution in [2.45, 2.75) is 26.4 Å². The van der Waals surface area contributed by atoms with Gasteiger partial charge in [-0.05, 0) is 31.2 Å². The number of anilines is 1. The number of imidazole rings is 1. The third kappa shape index (κ3) is 3.72. The first-order valence-corrected chi connectivity index (χ1v) is 8.22. The molecular formula is C19H19FN4O2. The summed E-state index contributed by atoms with van der Waals surface area (Å²) in [6.45, 7) is 3.18. The van der Waals surface area contributed by atoms with Crippen LogP contribution in [0.5, 0.6) is 0 Å². The largest absolute Gasteiger partial charge is 0.347 e. The smallest absolute Gasteiger partial charge is 0.244 e. The topological polar surface area (TPSA) is 76.0 Å². The minimum Gasteiger partial charge on any atom is -0.347 e. The molecule has 1 aromatic heterocycles. The Labute approximate surface area is 150 Å². The Morgan fingerprint density at radius 1 is 1.15 bits per heavy atom. The van der Waals surface area contributed by atoms with Crippen molar-refractivity contribution < 1.29 is 14.0 Å². The monoisotopic (exact) mass is 354 g/mol. The molecule has 0 aliphatic rings.